The van der Waals surface area contributed by atoms with E-state index in [2.05, 4.69) is 0 Å². The lowest BCUT2D eigenvalue weighted by Crippen LogP contribution is -2.52. The van der Waals surface area contributed by atoms with Crippen LogP contribution in [0.4, 0.5) is 13.2 Å². The fourth-order valence-corrected chi connectivity index (χ4v) is 2.45. The van der Waals surface area contributed by atoms with Gasteiger partial charge in [-0.05, 0) is 19.8 Å². The molecule has 0 aromatic rings. The topological polar surface area (TPSA) is 32.8 Å². The van der Waals surface area contributed by atoms with E-state index >= 15 is 0 Å². The zero-order valence-corrected chi connectivity index (χ0v) is 13.2. The van der Waals surface area contributed by atoms with Gasteiger partial charge in [-0.3, -0.25) is 9.69 Å². The molecule has 0 aromatic carbocycles. The lowest BCUT2D eigenvalue weighted by Gasteiger charge is -2.38. The number of carbonyl (C=O) groups excluding carboxylic acids is 1. The van der Waals surface area contributed by atoms with E-state index in [1.165, 1.54) is 0 Å². The molecule has 0 radical (unpaired) electrons. The summed E-state index contributed by atoms with van der Waals surface area (Å²) in [5, 5.41) is 0. The maximum Gasteiger partial charge on any atom is 0.406 e. The molecule has 0 N–H and O–H groups in total. The Balaban J connectivity index is 2.63. The summed E-state index contributed by atoms with van der Waals surface area (Å²) in [6.45, 7) is 7.96. The Morgan fingerprint density at radius 1 is 1.38 bits per heavy atom. The first-order valence-corrected chi connectivity index (χ1v) is 7.19. The summed E-state index contributed by atoms with van der Waals surface area (Å²) in [5.41, 5.74) is -0.370. The lowest BCUT2D eigenvalue weighted by atomic mass is 10.1. The van der Waals surface area contributed by atoms with Crippen molar-refractivity contribution in [1.82, 2.24) is 9.80 Å². The number of carbonyl (C=O) groups is 1. The van der Waals surface area contributed by atoms with Crippen LogP contribution < -0.4 is 0 Å². The van der Waals surface area contributed by atoms with Gasteiger partial charge < -0.3 is 9.64 Å². The number of halogens is 3. The van der Waals surface area contributed by atoms with Gasteiger partial charge in [-0.25, -0.2) is 0 Å². The second-order valence-corrected chi connectivity index (χ2v) is 6.60. The highest BCUT2D eigenvalue weighted by molar-refractivity contribution is 5.78. The van der Waals surface area contributed by atoms with E-state index in [1.54, 1.807) is 13.8 Å². The summed E-state index contributed by atoms with van der Waals surface area (Å²) in [7, 11) is 0. The van der Waals surface area contributed by atoms with Crippen LogP contribution in [0.5, 0.6) is 0 Å². The molecular formula is C14H25F3N2O2. The molecule has 0 aromatic heterocycles. The maximum atomic E-state index is 12.6. The van der Waals surface area contributed by atoms with E-state index < -0.39 is 18.6 Å². The van der Waals surface area contributed by atoms with Crippen molar-refractivity contribution >= 4 is 5.91 Å². The molecule has 1 rings (SSSR count). The number of alkyl halides is 3. The van der Waals surface area contributed by atoms with E-state index in [0.717, 1.165) is 4.90 Å². The molecule has 1 saturated heterocycles. The molecule has 0 saturated carbocycles. The highest BCUT2D eigenvalue weighted by Gasteiger charge is 2.35. The van der Waals surface area contributed by atoms with Crippen LogP contribution in [0.1, 0.15) is 27.7 Å². The molecule has 0 bridgehead atoms. The molecule has 124 valence electrons. The second-order valence-electron chi connectivity index (χ2n) is 6.60. The van der Waals surface area contributed by atoms with Crippen molar-refractivity contribution in [3.63, 3.8) is 0 Å². The maximum absolute atomic E-state index is 12.6. The quantitative estimate of drug-likeness (QED) is 0.780. The number of rotatable bonds is 5. The highest BCUT2D eigenvalue weighted by Crippen LogP contribution is 2.19. The Morgan fingerprint density at radius 2 is 2.00 bits per heavy atom. The van der Waals surface area contributed by atoms with E-state index in [4.69, 9.17) is 4.74 Å². The van der Waals surface area contributed by atoms with E-state index in [-0.39, 0.29) is 24.6 Å². The summed E-state index contributed by atoms with van der Waals surface area (Å²) in [4.78, 5) is 14.9. The van der Waals surface area contributed by atoms with Gasteiger partial charge in [-0.2, -0.15) is 13.2 Å². The van der Waals surface area contributed by atoms with Gasteiger partial charge in [0.2, 0.25) is 5.91 Å². The second kappa shape index (κ2) is 6.96. The number of hydrogen-bond acceptors (Lipinski definition) is 3. The summed E-state index contributed by atoms with van der Waals surface area (Å²) < 4.78 is 43.3. The normalized spacial score (nSPS) is 19.8. The molecule has 1 aliphatic heterocycles. The molecule has 0 unspecified atom stereocenters. The molecule has 1 aliphatic rings. The van der Waals surface area contributed by atoms with Crippen molar-refractivity contribution in [2.45, 2.75) is 39.5 Å². The van der Waals surface area contributed by atoms with Crippen LogP contribution in [0.3, 0.4) is 0 Å². The van der Waals surface area contributed by atoms with Crippen LogP contribution in [0.25, 0.3) is 0 Å². The molecule has 21 heavy (non-hydrogen) atoms. The summed E-state index contributed by atoms with van der Waals surface area (Å²) in [5.74, 6) is -0.476. The molecule has 4 nitrogen and oxygen atoms in total. The zero-order valence-electron chi connectivity index (χ0n) is 13.2. The van der Waals surface area contributed by atoms with Gasteiger partial charge in [-0.1, -0.05) is 13.8 Å². The number of nitrogens with zero attached hydrogens (tertiary/aromatic N) is 2. The Hall–Kier alpha value is -0.820. The van der Waals surface area contributed by atoms with Crippen molar-refractivity contribution in [1.29, 1.82) is 0 Å². The van der Waals surface area contributed by atoms with Crippen LogP contribution in [-0.2, 0) is 9.53 Å². The average Bonchev–Trinajstić information content (AvgIpc) is 2.23. The Bertz CT molecular complexity index is 357. The minimum Gasteiger partial charge on any atom is -0.373 e. The smallest absolute Gasteiger partial charge is 0.373 e. The van der Waals surface area contributed by atoms with Crippen molar-refractivity contribution in [2.75, 3.05) is 39.3 Å². The summed E-state index contributed by atoms with van der Waals surface area (Å²) in [6.07, 6.45) is -4.37. The van der Waals surface area contributed by atoms with Crippen LogP contribution in [-0.4, -0.2) is 66.8 Å². The zero-order chi connectivity index (χ0) is 16.3. The minimum absolute atomic E-state index is 0.00238. The van der Waals surface area contributed by atoms with Gasteiger partial charge in [0.1, 0.15) is 6.54 Å². The SMILES string of the molecule is CC(C)CN(CC(F)(F)F)C(=O)CN1CCOC(C)(C)C1. The molecule has 0 aliphatic carbocycles. The van der Waals surface area contributed by atoms with Crippen molar-refractivity contribution in [2.24, 2.45) is 5.92 Å². The van der Waals surface area contributed by atoms with Crippen molar-refractivity contribution in [3.05, 3.63) is 0 Å². The predicted octanol–water partition coefficient (Wildman–Crippen LogP) is 2.14. The summed E-state index contributed by atoms with van der Waals surface area (Å²) in [6, 6.07) is 0. The van der Waals surface area contributed by atoms with Gasteiger partial charge in [0.25, 0.3) is 0 Å². The minimum atomic E-state index is -4.37. The van der Waals surface area contributed by atoms with Crippen molar-refractivity contribution < 1.29 is 22.7 Å². The van der Waals surface area contributed by atoms with Gasteiger partial charge in [-0.15, -0.1) is 0 Å². The highest BCUT2D eigenvalue weighted by atomic mass is 19.4. The number of hydrogen-bond donors (Lipinski definition) is 0. The van der Waals surface area contributed by atoms with Crippen LogP contribution >= 0.6 is 0 Å². The number of amides is 1. The first-order valence-electron chi connectivity index (χ1n) is 7.19. The third-order valence-corrected chi connectivity index (χ3v) is 3.17. The van der Waals surface area contributed by atoms with Gasteiger partial charge >= 0.3 is 6.18 Å². The van der Waals surface area contributed by atoms with Gasteiger partial charge in [0.15, 0.2) is 0 Å². The first-order chi connectivity index (χ1) is 9.48. The monoisotopic (exact) mass is 310 g/mol. The molecule has 0 spiro atoms. The molecule has 7 heteroatoms. The number of ether oxygens (including phenoxy) is 1. The molecule has 0 atom stereocenters. The average molecular weight is 310 g/mol. The summed E-state index contributed by atoms with van der Waals surface area (Å²) >= 11 is 0. The standard InChI is InChI=1S/C14H25F3N2O2/c1-11(2)7-19(10-14(15,16)17)12(20)8-18-5-6-21-13(3,4)9-18/h11H,5-10H2,1-4H3. The Labute approximate surface area is 124 Å². The van der Waals surface area contributed by atoms with Gasteiger partial charge in [0.05, 0.1) is 18.8 Å². The Kier molecular flexibility index (Phi) is 6.04. The molecule has 1 amide bonds. The lowest BCUT2D eigenvalue weighted by molar-refractivity contribution is -0.164. The van der Waals surface area contributed by atoms with Crippen LogP contribution in [0.2, 0.25) is 0 Å². The first kappa shape index (κ1) is 18.2. The van der Waals surface area contributed by atoms with E-state index in [1.807, 2.05) is 18.7 Å². The largest absolute Gasteiger partial charge is 0.406 e. The van der Waals surface area contributed by atoms with Gasteiger partial charge in [0, 0.05) is 19.6 Å². The van der Waals surface area contributed by atoms with Crippen LogP contribution in [0, 0.1) is 5.92 Å². The molecule has 1 fully saturated rings. The Morgan fingerprint density at radius 3 is 2.48 bits per heavy atom. The third kappa shape index (κ3) is 7.13. The fraction of sp³-hybridized carbons (Fsp3) is 0.929. The molecular weight excluding hydrogens is 285 g/mol. The van der Waals surface area contributed by atoms with Crippen molar-refractivity contribution in [3.8, 4) is 0 Å². The third-order valence-electron chi connectivity index (χ3n) is 3.17. The van der Waals surface area contributed by atoms with E-state index in [9.17, 15) is 18.0 Å². The van der Waals surface area contributed by atoms with Crippen LogP contribution in [0.15, 0.2) is 0 Å². The van der Waals surface area contributed by atoms with E-state index in [0.29, 0.717) is 19.7 Å². The molecule has 1 heterocycles. The number of morpholine rings is 1. The predicted molar refractivity (Wildman–Crippen MR) is 73.9 cm³/mol. The fourth-order valence-electron chi connectivity index (χ4n) is 2.45.